The Morgan fingerprint density at radius 3 is 2.77 bits per heavy atom. The number of rotatable bonds is 5. The molecule has 1 aromatic carbocycles. The minimum Gasteiger partial charge on any atom is -0.352 e. The third-order valence-electron chi connectivity index (χ3n) is 5.25. The Morgan fingerprint density at radius 2 is 1.97 bits per heavy atom. The molecule has 0 amide bonds. The fourth-order valence-corrected chi connectivity index (χ4v) is 3.82. The van der Waals surface area contributed by atoms with E-state index in [1.165, 1.54) is 0 Å². The lowest BCUT2D eigenvalue weighted by Gasteiger charge is -2.02. The third-order valence-corrected chi connectivity index (χ3v) is 5.25. The van der Waals surface area contributed by atoms with Gasteiger partial charge < -0.3 is 4.98 Å². The third kappa shape index (κ3) is 3.34. The summed E-state index contributed by atoms with van der Waals surface area (Å²) in [6.45, 7) is 5.57. The minimum atomic E-state index is 0.858. The zero-order valence-electron chi connectivity index (χ0n) is 17.0. The number of hydrogen-bond donors (Lipinski definition) is 2. The predicted octanol–water partition coefficient (Wildman–Crippen LogP) is 5.79. The molecule has 0 aliphatic rings. The first kappa shape index (κ1) is 18.7. The lowest BCUT2D eigenvalue weighted by molar-refractivity contribution is 1.12. The normalized spacial score (nSPS) is 12.2. The molecule has 0 unspecified atom stereocenters. The summed E-state index contributed by atoms with van der Waals surface area (Å²) in [7, 11) is 0. The van der Waals surface area contributed by atoms with E-state index in [1.54, 1.807) is 12.4 Å². The molecule has 150 valence electrons. The van der Waals surface area contributed by atoms with Crippen molar-refractivity contribution in [3.8, 4) is 22.5 Å². The molecule has 0 aliphatic heterocycles. The van der Waals surface area contributed by atoms with Gasteiger partial charge in [-0.3, -0.25) is 20.1 Å². The summed E-state index contributed by atoms with van der Waals surface area (Å²) in [6.07, 6.45) is 13.1. The molecule has 4 aromatic heterocycles. The van der Waals surface area contributed by atoms with Gasteiger partial charge in [-0.2, -0.15) is 5.10 Å². The number of aromatic nitrogens is 5. The van der Waals surface area contributed by atoms with Crippen LogP contribution in [0.4, 0.5) is 0 Å². The van der Waals surface area contributed by atoms with Crippen LogP contribution >= 0.6 is 0 Å². The van der Waals surface area contributed by atoms with Crippen molar-refractivity contribution in [2.45, 2.75) is 6.92 Å². The Morgan fingerprint density at radius 1 is 1.03 bits per heavy atom. The van der Waals surface area contributed by atoms with Crippen molar-refractivity contribution in [3.05, 3.63) is 85.1 Å². The number of allylic oxidation sites excluding steroid dienone is 3. The van der Waals surface area contributed by atoms with Crippen LogP contribution in [0.2, 0.25) is 0 Å². The Balaban J connectivity index is 1.67. The Hall–Kier alpha value is -4.32. The number of nitrogens with zero attached hydrogens (tertiary/aromatic N) is 4. The Bertz CT molecular complexity index is 1450. The summed E-state index contributed by atoms with van der Waals surface area (Å²) in [6, 6.07) is 12.3. The van der Waals surface area contributed by atoms with E-state index in [0.29, 0.717) is 0 Å². The van der Waals surface area contributed by atoms with Crippen molar-refractivity contribution in [1.29, 1.82) is 0 Å². The molecule has 0 spiro atoms. The molecule has 0 bridgehead atoms. The molecule has 0 radical (unpaired) electrons. The van der Waals surface area contributed by atoms with E-state index in [0.717, 1.165) is 55.5 Å². The summed E-state index contributed by atoms with van der Waals surface area (Å²) in [5, 5.41) is 9.84. The second-order valence-electron chi connectivity index (χ2n) is 7.17. The molecule has 5 rings (SSSR count). The van der Waals surface area contributed by atoms with Gasteiger partial charge in [0.2, 0.25) is 0 Å². The Labute approximate surface area is 179 Å². The minimum absolute atomic E-state index is 0.858. The monoisotopic (exact) mass is 404 g/mol. The van der Waals surface area contributed by atoms with Crippen LogP contribution in [0, 0.1) is 0 Å². The van der Waals surface area contributed by atoms with Gasteiger partial charge in [0.05, 0.1) is 22.9 Å². The van der Waals surface area contributed by atoms with Crippen molar-refractivity contribution in [1.82, 2.24) is 25.1 Å². The number of nitrogens with one attached hydrogen (secondary N) is 2. The zero-order chi connectivity index (χ0) is 21.2. The van der Waals surface area contributed by atoms with Gasteiger partial charge in [0.1, 0.15) is 5.69 Å². The number of H-pyrrole nitrogens is 2. The first-order valence-electron chi connectivity index (χ1n) is 9.93. The highest BCUT2D eigenvalue weighted by atomic mass is 15.1. The molecule has 0 fully saturated rings. The smallest absolute Gasteiger partial charge is 0.116 e. The maximum atomic E-state index is 4.59. The van der Waals surface area contributed by atoms with E-state index in [4.69, 9.17) is 0 Å². The van der Waals surface area contributed by atoms with Crippen LogP contribution in [0.15, 0.2) is 84.5 Å². The second-order valence-corrected chi connectivity index (χ2v) is 7.17. The number of aromatic amines is 2. The molecule has 5 aromatic rings. The van der Waals surface area contributed by atoms with Crippen LogP contribution in [-0.4, -0.2) is 31.9 Å². The number of pyridine rings is 2. The van der Waals surface area contributed by atoms with Crippen molar-refractivity contribution >= 4 is 34.1 Å². The molecule has 0 saturated carbocycles. The summed E-state index contributed by atoms with van der Waals surface area (Å²) >= 11 is 0. The van der Waals surface area contributed by atoms with Gasteiger partial charge in [0, 0.05) is 46.7 Å². The average molecular weight is 404 g/mol. The van der Waals surface area contributed by atoms with Gasteiger partial charge in [-0.15, -0.1) is 0 Å². The number of hydrogen-bond acceptors (Lipinski definition) is 4. The van der Waals surface area contributed by atoms with Gasteiger partial charge in [0.25, 0.3) is 0 Å². The van der Waals surface area contributed by atoms with Gasteiger partial charge in [0.15, 0.2) is 0 Å². The van der Waals surface area contributed by atoms with E-state index < -0.39 is 0 Å². The largest absolute Gasteiger partial charge is 0.352 e. The summed E-state index contributed by atoms with van der Waals surface area (Å²) in [5.74, 6) is 0. The van der Waals surface area contributed by atoms with Crippen molar-refractivity contribution in [2.75, 3.05) is 0 Å². The molecule has 6 heteroatoms. The van der Waals surface area contributed by atoms with Crippen LogP contribution in [0.3, 0.4) is 0 Å². The van der Waals surface area contributed by atoms with Crippen LogP contribution in [0.1, 0.15) is 12.5 Å². The maximum absolute atomic E-state index is 4.59. The van der Waals surface area contributed by atoms with E-state index in [9.17, 15) is 0 Å². The average Bonchev–Trinajstić information content (AvgIpc) is 3.42. The fourth-order valence-electron chi connectivity index (χ4n) is 3.82. The summed E-state index contributed by atoms with van der Waals surface area (Å²) < 4.78 is 0. The quantitative estimate of drug-likeness (QED) is 0.287. The van der Waals surface area contributed by atoms with Gasteiger partial charge in [-0.1, -0.05) is 24.3 Å². The van der Waals surface area contributed by atoms with Crippen LogP contribution in [-0.2, 0) is 0 Å². The molecule has 0 aliphatic carbocycles. The van der Waals surface area contributed by atoms with Gasteiger partial charge >= 0.3 is 0 Å². The highest BCUT2D eigenvalue weighted by Gasteiger charge is 2.14. The highest BCUT2D eigenvalue weighted by molar-refractivity contribution is 6.01. The van der Waals surface area contributed by atoms with Crippen LogP contribution in [0.5, 0.6) is 0 Å². The second kappa shape index (κ2) is 7.84. The molecule has 31 heavy (non-hydrogen) atoms. The number of benzene rings is 1. The fraction of sp³-hybridized carbons (Fsp3) is 0.0400. The lowest BCUT2D eigenvalue weighted by Crippen LogP contribution is -1.83. The van der Waals surface area contributed by atoms with Gasteiger partial charge in [-0.25, -0.2) is 0 Å². The van der Waals surface area contributed by atoms with Crippen LogP contribution < -0.4 is 0 Å². The van der Waals surface area contributed by atoms with E-state index >= 15 is 0 Å². The first-order chi connectivity index (χ1) is 15.3. The molecule has 4 heterocycles. The standard InChI is InChI=1S/C25H20N6/c1-3-5-17(12-26-2)16-7-8-22-20(10-16)25(31-30-22)23-11-19-21(14-28-15-24(19)29-23)18-6-4-9-27-13-18/h3-15,29H,2H2,1H3,(H,30,31)/b5-3-,17-12+. The molecule has 0 atom stereocenters. The Kier molecular flexibility index (Phi) is 4.72. The topological polar surface area (TPSA) is 82.6 Å². The molecular weight excluding hydrogens is 384 g/mol. The van der Waals surface area contributed by atoms with Crippen LogP contribution in [0.25, 0.3) is 49.9 Å². The summed E-state index contributed by atoms with van der Waals surface area (Å²) in [4.78, 5) is 16.1. The van der Waals surface area contributed by atoms with Crippen molar-refractivity contribution in [3.63, 3.8) is 0 Å². The SMILES string of the molecule is C=N/C=C(\C=C/C)c1ccc2[nH]nc(-c3cc4c(-c5cccnc5)cncc4[nH]3)c2c1. The highest BCUT2D eigenvalue weighted by Crippen LogP contribution is 2.34. The maximum Gasteiger partial charge on any atom is 0.116 e. The predicted molar refractivity (Wildman–Crippen MR) is 127 cm³/mol. The molecule has 0 saturated heterocycles. The van der Waals surface area contributed by atoms with E-state index in [-0.39, 0.29) is 0 Å². The van der Waals surface area contributed by atoms with Crippen molar-refractivity contribution < 1.29 is 0 Å². The first-order valence-corrected chi connectivity index (χ1v) is 9.93. The molecule has 6 nitrogen and oxygen atoms in total. The van der Waals surface area contributed by atoms with Gasteiger partial charge in [-0.05, 0) is 49.0 Å². The van der Waals surface area contributed by atoms with Crippen molar-refractivity contribution in [2.24, 2.45) is 4.99 Å². The number of aliphatic imine (C=N–C) groups is 1. The lowest BCUT2D eigenvalue weighted by atomic mass is 10.0. The van der Waals surface area contributed by atoms with E-state index in [1.807, 2.05) is 55.9 Å². The van der Waals surface area contributed by atoms with E-state index in [2.05, 4.69) is 55.1 Å². The summed E-state index contributed by atoms with van der Waals surface area (Å²) in [5.41, 5.74) is 7.80. The molecular formula is C25H20N6. The molecule has 2 N–H and O–H groups in total. The number of fused-ring (bicyclic) bond motifs is 2. The zero-order valence-corrected chi connectivity index (χ0v) is 17.0.